The Balaban J connectivity index is 1.79. The average molecular weight is 365 g/mol. The number of nitrogens with zero attached hydrogens (tertiary/aromatic N) is 3. The maximum Gasteiger partial charge on any atom is 0.275 e. The van der Waals surface area contributed by atoms with Crippen LogP contribution >= 0.6 is 0 Å². The molecule has 1 amide bonds. The molecule has 2 heterocycles. The number of aryl methyl sites for hydroxylation is 1. The Bertz CT molecular complexity index is 1060. The van der Waals surface area contributed by atoms with E-state index in [0.29, 0.717) is 29.6 Å². The van der Waals surface area contributed by atoms with Gasteiger partial charge in [0.25, 0.3) is 11.5 Å². The highest BCUT2D eigenvalue weighted by atomic mass is 19.1. The first-order valence-electron chi connectivity index (χ1n) is 9.16. The Labute approximate surface area is 156 Å². The Morgan fingerprint density at radius 3 is 2.56 bits per heavy atom. The summed E-state index contributed by atoms with van der Waals surface area (Å²) >= 11 is 0. The lowest BCUT2D eigenvalue weighted by molar-refractivity contribution is 0.0729. The predicted octanol–water partition coefficient (Wildman–Crippen LogP) is 3.53. The number of rotatable bonds is 3. The number of aromatic nitrogens is 2. The molecule has 0 N–H and O–H groups in total. The average Bonchev–Trinajstić information content (AvgIpc) is 3.18. The van der Waals surface area contributed by atoms with Crippen molar-refractivity contribution in [2.45, 2.75) is 32.4 Å². The molecule has 0 aliphatic carbocycles. The van der Waals surface area contributed by atoms with Crippen LogP contribution in [-0.2, 0) is 6.54 Å². The van der Waals surface area contributed by atoms with E-state index in [4.69, 9.17) is 0 Å². The van der Waals surface area contributed by atoms with E-state index in [-0.39, 0.29) is 23.3 Å². The van der Waals surface area contributed by atoms with Gasteiger partial charge in [0.05, 0.1) is 11.4 Å². The van der Waals surface area contributed by atoms with E-state index in [9.17, 15) is 14.0 Å². The molecule has 1 unspecified atom stereocenters. The number of likely N-dealkylation sites (tertiary alicyclic amines) is 1. The van der Waals surface area contributed by atoms with Gasteiger partial charge in [-0.2, -0.15) is 5.10 Å². The van der Waals surface area contributed by atoms with Crippen molar-refractivity contribution in [1.29, 1.82) is 0 Å². The minimum Gasteiger partial charge on any atom is -0.330 e. The zero-order chi connectivity index (χ0) is 19.0. The third-order valence-corrected chi connectivity index (χ3v) is 5.14. The lowest BCUT2D eigenvalue weighted by atomic mass is 10.0. The standard InChI is InChI=1S/C21H20FN3O2/c1-2-25-20(26)17-7-4-3-6-16(17)19(23-25)21(27)24-13-5-8-18(24)14-9-11-15(22)12-10-14/h3-4,6-7,9-12,18H,2,5,8,13H2,1H3. The van der Waals surface area contributed by atoms with Gasteiger partial charge in [0.2, 0.25) is 0 Å². The van der Waals surface area contributed by atoms with Crippen LogP contribution < -0.4 is 5.56 Å². The molecule has 1 fully saturated rings. The molecule has 5 nitrogen and oxygen atoms in total. The van der Waals surface area contributed by atoms with Gasteiger partial charge in [-0.05, 0) is 43.5 Å². The van der Waals surface area contributed by atoms with Crippen LogP contribution in [0.15, 0.2) is 53.3 Å². The molecule has 138 valence electrons. The Hall–Kier alpha value is -3.02. The number of benzene rings is 2. The Morgan fingerprint density at radius 2 is 1.85 bits per heavy atom. The molecule has 0 radical (unpaired) electrons. The van der Waals surface area contributed by atoms with Gasteiger partial charge in [-0.1, -0.05) is 30.3 Å². The van der Waals surface area contributed by atoms with Gasteiger partial charge in [0, 0.05) is 18.5 Å². The number of hydrogen-bond donors (Lipinski definition) is 0. The van der Waals surface area contributed by atoms with Crippen molar-refractivity contribution in [1.82, 2.24) is 14.7 Å². The number of fused-ring (bicyclic) bond motifs is 1. The minimum atomic E-state index is -0.294. The van der Waals surface area contributed by atoms with Crippen LogP contribution in [0, 0.1) is 5.82 Å². The van der Waals surface area contributed by atoms with E-state index in [0.717, 1.165) is 18.4 Å². The van der Waals surface area contributed by atoms with Crippen LogP contribution in [0.1, 0.15) is 41.9 Å². The Morgan fingerprint density at radius 1 is 1.15 bits per heavy atom. The van der Waals surface area contributed by atoms with Crippen LogP contribution in [0.3, 0.4) is 0 Å². The fraction of sp³-hybridized carbons (Fsp3) is 0.286. The van der Waals surface area contributed by atoms with Gasteiger partial charge < -0.3 is 4.90 Å². The highest BCUT2D eigenvalue weighted by molar-refractivity contribution is 6.05. The molecule has 0 bridgehead atoms. The number of amides is 1. The van der Waals surface area contributed by atoms with Gasteiger partial charge >= 0.3 is 0 Å². The van der Waals surface area contributed by atoms with Crippen molar-refractivity contribution in [2.24, 2.45) is 0 Å². The van der Waals surface area contributed by atoms with E-state index in [2.05, 4.69) is 5.10 Å². The molecule has 2 aromatic carbocycles. The molecule has 1 atom stereocenters. The largest absolute Gasteiger partial charge is 0.330 e. The highest BCUT2D eigenvalue weighted by Crippen LogP contribution is 2.33. The highest BCUT2D eigenvalue weighted by Gasteiger charge is 2.32. The van der Waals surface area contributed by atoms with Crippen LogP contribution in [-0.4, -0.2) is 27.1 Å². The van der Waals surface area contributed by atoms with Crippen molar-refractivity contribution in [3.8, 4) is 0 Å². The summed E-state index contributed by atoms with van der Waals surface area (Å²) in [5.41, 5.74) is 1.01. The molecule has 1 saturated heterocycles. The van der Waals surface area contributed by atoms with Crippen LogP contribution in [0.5, 0.6) is 0 Å². The van der Waals surface area contributed by atoms with Crippen molar-refractivity contribution >= 4 is 16.7 Å². The summed E-state index contributed by atoms with van der Waals surface area (Å²) in [4.78, 5) is 27.7. The third-order valence-electron chi connectivity index (χ3n) is 5.14. The molecule has 4 rings (SSSR count). The first kappa shape index (κ1) is 17.4. The van der Waals surface area contributed by atoms with Crippen molar-refractivity contribution in [3.63, 3.8) is 0 Å². The second kappa shape index (κ2) is 6.95. The second-order valence-corrected chi connectivity index (χ2v) is 6.72. The van der Waals surface area contributed by atoms with Gasteiger partial charge in [-0.25, -0.2) is 9.07 Å². The van der Waals surface area contributed by atoms with E-state index >= 15 is 0 Å². The van der Waals surface area contributed by atoms with Gasteiger partial charge in [-0.3, -0.25) is 9.59 Å². The number of hydrogen-bond acceptors (Lipinski definition) is 3. The van der Waals surface area contributed by atoms with Crippen LogP contribution in [0.2, 0.25) is 0 Å². The van der Waals surface area contributed by atoms with Crippen molar-refractivity contribution in [2.75, 3.05) is 6.54 Å². The summed E-state index contributed by atoms with van der Waals surface area (Å²) in [5, 5.41) is 5.43. The topological polar surface area (TPSA) is 55.2 Å². The third kappa shape index (κ3) is 3.01. The smallest absolute Gasteiger partial charge is 0.275 e. The van der Waals surface area contributed by atoms with E-state index < -0.39 is 0 Å². The first-order valence-corrected chi connectivity index (χ1v) is 9.16. The molecule has 1 aliphatic heterocycles. The monoisotopic (exact) mass is 365 g/mol. The number of halogens is 1. The van der Waals surface area contributed by atoms with Gasteiger partial charge in [0.15, 0.2) is 5.69 Å². The van der Waals surface area contributed by atoms with E-state index in [1.54, 1.807) is 41.3 Å². The quantitative estimate of drug-likeness (QED) is 0.713. The maximum atomic E-state index is 13.4. The predicted molar refractivity (Wildman–Crippen MR) is 101 cm³/mol. The van der Waals surface area contributed by atoms with E-state index in [1.807, 2.05) is 6.92 Å². The number of carbonyl (C=O) groups is 1. The van der Waals surface area contributed by atoms with Gasteiger partial charge in [0.1, 0.15) is 5.82 Å². The first-order chi connectivity index (χ1) is 13.1. The molecule has 0 saturated carbocycles. The molecule has 1 aliphatic rings. The minimum absolute atomic E-state index is 0.110. The number of carbonyl (C=O) groups excluding carboxylic acids is 1. The molecule has 0 spiro atoms. The SMILES string of the molecule is CCn1nc(C(=O)N2CCCC2c2ccc(F)cc2)c2ccccc2c1=O. The zero-order valence-corrected chi connectivity index (χ0v) is 15.1. The second-order valence-electron chi connectivity index (χ2n) is 6.72. The molecular weight excluding hydrogens is 345 g/mol. The molecule has 6 heteroatoms. The Kier molecular flexibility index (Phi) is 4.48. The maximum absolute atomic E-state index is 13.4. The lowest BCUT2D eigenvalue weighted by Gasteiger charge is -2.25. The summed E-state index contributed by atoms with van der Waals surface area (Å²) < 4.78 is 14.6. The summed E-state index contributed by atoms with van der Waals surface area (Å²) in [6.07, 6.45) is 1.70. The molecular formula is C21H20FN3O2. The van der Waals surface area contributed by atoms with Crippen LogP contribution in [0.25, 0.3) is 10.8 Å². The van der Waals surface area contributed by atoms with E-state index in [1.165, 1.54) is 16.8 Å². The lowest BCUT2D eigenvalue weighted by Crippen LogP contribution is -2.34. The zero-order valence-electron chi connectivity index (χ0n) is 15.1. The molecule has 3 aromatic rings. The fourth-order valence-electron chi connectivity index (χ4n) is 3.78. The summed E-state index contributed by atoms with van der Waals surface area (Å²) in [7, 11) is 0. The molecule has 27 heavy (non-hydrogen) atoms. The molecule has 1 aromatic heterocycles. The van der Waals surface area contributed by atoms with Crippen molar-refractivity contribution < 1.29 is 9.18 Å². The summed E-state index contributed by atoms with van der Waals surface area (Å²) in [6.45, 7) is 2.84. The van der Waals surface area contributed by atoms with Crippen molar-refractivity contribution in [3.05, 3.63) is 76.0 Å². The summed E-state index contributed by atoms with van der Waals surface area (Å²) in [6, 6.07) is 13.3. The van der Waals surface area contributed by atoms with Gasteiger partial charge in [-0.15, -0.1) is 0 Å². The fourth-order valence-corrected chi connectivity index (χ4v) is 3.78. The van der Waals surface area contributed by atoms with Crippen LogP contribution in [0.4, 0.5) is 4.39 Å². The summed E-state index contributed by atoms with van der Waals surface area (Å²) in [5.74, 6) is -0.488. The normalized spacial score (nSPS) is 16.8.